The Hall–Kier alpha value is -4.57. The van der Waals surface area contributed by atoms with Crippen LogP contribution in [0.3, 0.4) is 0 Å². The molecule has 0 aliphatic heterocycles. The standard InChI is InChI=1S/C29H28FN5O3S/c1-17(2)19-10-14-22(15-11-19)35(29(38)26-23(31)24(27(32)36)34-39-26)25(20-8-12-21(30)13-9-20)28(37)33-16-18-6-4-3-5-7-18/h3-15,17,25H,16,31H2,1-2H3,(H2,32,36)(H,33,37)/t25-/m1/s1. The van der Waals surface area contributed by atoms with E-state index in [9.17, 15) is 18.8 Å². The maximum absolute atomic E-state index is 14.1. The van der Waals surface area contributed by atoms with Crippen LogP contribution in [0.5, 0.6) is 0 Å². The van der Waals surface area contributed by atoms with Crippen molar-refractivity contribution >= 4 is 40.6 Å². The summed E-state index contributed by atoms with van der Waals surface area (Å²) >= 11 is 0.722. The zero-order chi connectivity index (χ0) is 28.1. The van der Waals surface area contributed by atoms with Crippen LogP contribution in [-0.4, -0.2) is 22.1 Å². The third-order valence-corrected chi connectivity index (χ3v) is 7.07. The van der Waals surface area contributed by atoms with Gasteiger partial charge in [-0.1, -0.05) is 68.4 Å². The topological polar surface area (TPSA) is 131 Å². The molecule has 0 aliphatic carbocycles. The van der Waals surface area contributed by atoms with Crippen molar-refractivity contribution in [3.8, 4) is 0 Å². The molecule has 1 aromatic heterocycles. The lowest BCUT2D eigenvalue weighted by Gasteiger charge is -2.31. The van der Waals surface area contributed by atoms with Crippen LogP contribution in [0, 0.1) is 5.82 Å². The van der Waals surface area contributed by atoms with E-state index in [0.29, 0.717) is 11.3 Å². The number of benzene rings is 3. The number of nitrogens with zero attached hydrogens (tertiary/aromatic N) is 2. The molecule has 5 N–H and O–H groups in total. The molecule has 1 atom stereocenters. The zero-order valence-corrected chi connectivity index (χ0v) is 22.2. The van der Waals surface area contributed by atoms with Crippen LogP contribution >= 0.6 is 11.5 Å². The monoisotopic (exact) mass is 545 g/mol. The van der Waals surface area contributed by atoms with Crippen LogP contribution in [0.15, 0.2) is 78.9 Å². The first-order valence-electron chi connectivity index (χ1n) is 12.2. The SMILES string of the molecule is CC(C)c1ccc(N(C(=O)c2snc(C(N)=O)c2N)[C@@H](C(=O)NCc2ccccc2)c2ccc(F)cc2)cc1. The van der Waals surface area contributed by atoms with E-state index >= 15 is 0 Å². The van der Waals surface area contributed by atoms with Gasteiger partial charge in [0.25, 0.3) is 11.8 Å². The molecule has 0 saturated carbocycles. The van der Waals surface area contributed by atoms with E-state index in [1.165, 1.54) is 29.2 Å². The van der Waals surface area contributed by atoms with Gasteiger partial charge in [0, 0.05) is 12.2 Å². The molecular weight excluding hydrogens is 517 g/mol. The van der Waals surface area contributed by atoms with E-state index < -0.39 is 29.6 Å². The molecule has 3 amide bonds. The Labute approximate surface area is 229 Å². The van der Waals surface area contributed by atoms with Crippen LogP contribution in [0.1, 0.15) is 62.7 Å². The Kier molecular flexibility index (Phi) is 8.36. The van der Waals surface area contributed by atoms with Gasteiger partial charge >= 0.3 is 0 Å². The van der Waals surface area contributed by atoms with Gasteiger partial charge in [-0.05, 0) is 58.4 Å². The highest BCUT2D eigenvalue weighted by atomic mass is 32.1. The Morgan fingerprint density at radius 1 is 0.949 bits per heavy atom. The number of amides is 3. The third-order valence-electron chi connectivity index (χ3n) is 6.21. The molecule has 1 heterocycles. The predicted molar refractivity (Wildman–Crippen MR) is 150 cm³/mol. The maximum atomic E-state index is 14.1. The van der Waals surface area contributed by atoms with Crippen LogP contribution < -0.4 is 21.7 Å². The number of nitrogens with two attached hydrogens (primary N) is 2. The normalized spacial score (nSPS) is 11.7. The minimum absolute atomic E-state index is 0.0419. The van der Waals surface area contributed by atoms with Crippen molar-refractivity contribution in [1.29, 1.82) is 0 Å². The fraction of sp³-hybridized carbons (Fsp3) is 0.172. The zero-order valence-electron chi connectivity index (χ0n) is 21.4. The quantitative estimate of drug-likeness (QED) is 0.278. The molecule has 0 bridgehead atoms. The number of carbonyl (C=O) groups excluding carboxylic acids is 3. The average molecular weight is 546 g/mol. The van der Waals surface area contributed by atoms with Gasteiger partial charge in [-0.15, -0.1) is 0 Å². The number of nitrogens with one attached hydrogen (secondary N) is 1. The van der Waals surface area contributed by atoms with Gasteiger partial charge in [0.1, 0.15) is 16.7 Å². The van der Waals surface area contributed by atoms with Crippen molar-refractivity contribution < 1.29 is 18.8 Å². The fourth-order valence-corrected chi connectivity index (χ4v) is 4.83. The Bertz CT molecular complexity index is 1470. The van der Waals surface area contributed by atoms with Gasteiger partial charge < -0.3 is 16.8 Å². The maximum Gasteiger partial charge on any atom is 0.273 e. The van der Waals surface area contributed by atoms with Gasteiger partial charge in [0.2, 0.25) is 5.91 Å². The van der Waals surface area contributed by atoms with Gasteiger partial charge in [-0.2, -0.15) is 4.37 Å². The number of aromatic nitrogens is 1. The molecule has 0 spiro atoms. The molecule has 3 aromatic carbocycles. The molecule has 0 radical (unpaired) electrons. The molecule has 0 saturated heterocycles. The second-order valence-electron chi connectivity index (χ2n) is 9.22. The molecule has 4 aromatic rings. The summed E-state index contributed by atoms with van der Waals surface area (Å²) < 4.78 is 17.8. The first kappa shape index (κ1) is 27.5. The number of anilines is 2. The van der Waals surface area contributed by atoms with Crippen LogP contribution in [0.2, 0.25) is 0 Å². The number of hydrogen-bond donors (Lipinski definition) is 3. The van der Waals surface area contributed by atoms with Crippen molar-refractivity contribution in [2.75, 3.05) is 10.6 Å². The number of nitrogen functional groups attached to an aromatic ring is 1. The summed E-state index contributed by atoms with van der Waals surface area (Å²) in [7, 11) is 0. The Balaban J connectivity index is 1.83. The van der Waals surface area contributed by atoms with E-state index in [2.05, 4.69) is 9.69 Å². The summed E-state index contributed by atoms with van der Waals surface area (Å²) in [6, 6.07) is 20.7. The van der Waals surface area contributed by atoms with E-state index in [-0.39, 0.29) is 28.7 Å². The first-order chi connectivity index (χ1) is 18.7. The average Bonchev–Trinajstić information content (AvgIpc) is 3.33. The lowest BCUT2D eigenvalue weighted by Crippen LogP contribution is -2.44. The van der Waals surface area contributed by atoms with Crippen molar-refractivity contribution in [1.82, 2.24) is 9.69 Å². The lowest BCUT2D eigenvalue weighted by atomic mass is 10.00. The molecule has 0 fully saturated rings. The third kappa shape index (κ3) is 6.12. The van der Waals surface area contributed by atoms with Crippen LogP contribution in [-0.2, 0) is 11.3 Å². The van der Waals surface area contributed by atoms with Crippen molar-refractivity contribution in [3.63, 3.8) is 0 Å². The molecule has 0 unspecified atom stereocenters. The minimum atomic E-state index is -1.20. The smallest absolute Gasteiger partial charge is 0.273 e. The summed E-state index contributed by atoms with van der Waals surface area (Å²) in [5, 5.41) is 2.89. The molecule has 4 rings (SSSR count). The molecular formula is C29H28FN5O3S. The molecule has 8 nitrogen and oxygen atoms in total. The molecule has 39 heavy (non-hydrogen) atoms. The molecule has 0 aliphatic rings. The molecule has 200 valence electrons. The fourth-order valence-electron chi connectivity index (χ4n) is 4.09. The van der Waals surface area contributed by atoms with Gasteiger partial charge in [-0.3, -0.25) is 19.3 Å². The highest BCUT2D eigenvalue weighted by Gasteiger charge is 2.36. The predicted octanol–water partition coefficient (Wildman–Crippen LogP) is 4.79. The van der Waals surface area contributed by atoms with Crippen LogP contribution in [0.4, 0.5) is 15.8 Å². The van der Waals surface area contributed by atoms with Crippen molar-refractivity contribution in [2.24, 2.45) is 5.73 Å². The second-order valence-corrected chi connectivity index (χ2v) is 9.99. The Morgan fingerprint density at radius 3 is 2.13 bits per heavy atom. The highest BCUT2D eigenvalue weighted by Crippen LogP contribution is 2.34. The van der Waals surface area contributed by atoms with E-state index in [1.807, 2.05) is 56.3 Å². The summed E-state index contributed by atoms with van der Waals surface area (Å²) in [5.74, 6) is -2.27. The largest absolute Gasteiger partial charge is 0.395 e. The minimum Gasteiger partial charge on any atom is -0.395 e. The Morgan fingerprint density at radius 2 is 1.56 bits per heavy atom. The number of halogens is 1. The van der Waals surface area contributed by atoms with Gasteiger partial charge in [0.15, 0.2) is 5.69 Å². The lowest BCUT2D eigenvalue weighted by molar-refractivity contribution is -0.122. The van der Waals surface area contributed by atoms with Gasteiger partial charge in [-0.25, -0.2) is 4.39 Å². The summed E-state index contributed by atoms with van der Waals surface area (Å²) in [6.45, 7) is 4.29. The van der Waals surface area contributed by atoms with E-state index in [0.717, 1.165) is 22.7 Å². The first-order valence-corrected chi connectivity index (χ1v) is 13.0. The van der Waals surface area contributed by atoms with E-state index in [4.69, 9.17) is 11.5 Å². The number of carbonyl (C=O) groups is 3. The second kappa shape index (κ2) is 11.9. The van der Waals surface area contributed by atoms with E-state index in [1.54, 1.807) is 12.1 Å². The van der Waals surface area contributed by atoms with Gasteiger partial charge in [0.05, 0.1) is 5.69 Å². The number of hydrogen-bond acceptors (Lipinski definition) is 6. The molecule has 10 heteroatoms. The summed E-state index contributed by atoms with van der Waals surface area (Å²) in [4.78, 5) is 40.9. The highest BCUT2D eigenvalue weighted by molar-refractivity contribution is 7.09. The van der Waals surface area contributed by atoms with Crippen molar-refractivity contribution in [3.05, 3.63) is 112 Å². The summed E-state index contributed by atoms with van der Waals surface area (Å²) in [5.41, 5.74) is 13.8. The summed E-state index contributed by atoms with van der Waals surface area (Å²) in [6.07, 6.45) is 0. The number of rotatable bonds is 9. The van der Waals surface area contributed by atoms with Crippen molar-refractivity contribution in [2.45, 2.75) is 32.4 Å². The van der Waals surface area contributed by atoms with Crippen LogP contribution in [0.25, 0.3) is 0 Å². The number of primary amides is 1.